The summed E-state index contributed by atoms with van der Waals surface area (Å²) < 4.78 is 0.761. The van der Waals surface area contributed by atoms with Crippen LogP contribution >= 0.6 is 23.5 Å². The topological polar surface area (TPSA) is 0 Å². The summed E-state index contributed by atoms with van der Waals surface area (Å²) in [7, 11) is 0. The zero-order valence-electron chi connectivity index (χ0n) is 8.26. The Morgan fingerprint density at radius 1 is 1.00 bits per heavy atom. The maximum absolute atomic E-state index is 2.30. The normalized spacial score (nSPS) is 14.5. The van der Waals surface area contributed by atoms with E-state index >= 15 is 0 Å². The molecule has 0 saturated carbocycles. The zero-order valence-corrected chi connectivity index (χ0v) is 9.89. The number of thioether (sulfide) groups is 2. The molecule has 1 atom stereocenters. The summed E-state index contributed by atoms with van der Waals surface area (Å²) in [5.74, 6) is 2.12. The molecule has 68 valence electrons. The molecule has 11 heavy (non-hydrogen) atoms. The van der Waals surface area contributed by atoms with Gasteiger partial charge in [-0.25, -0.2) is 0 Å². The Bertz CT molecular complexity index is 89.6. The Morgan fingerprint density at radius 2 is 1.55 bits per heavy atom. The molecule has 0 N–H and O–H groups in total. The molecule has 2 heteroatoms. The van der Waals surface area contributed by atoms with Crippen LogP contribution in [0.1, 0.15) is 34.6 Å². The fourth-order valence-corrected chi connectivity index (χ4v) is 3.39. The van der Waals surface area contributed by atoms with Gasteiger partial charge >= 0.3 is 0 Å². The number of hydrogen-bond donors (Lipinski definition) is 0. The first kappa shape index (κ1) is 11.7. The van der Waals surface area contributed by atoms with Crippen LogP contribution in [0.25, 0.3) is 0 Å². The van der Waals surface area contributed by atoms with Gasteiger partial charge in [0, 0.05) is 9.83 Å². The average molecular weight is 192 g/mol. The first-order valence-corrected chi connectivity index (χ1v) is 6.28. The SMILES string of the molecule is CC(C)CSC(C)SC(C)C. The van der Waals surface area contributed by atoms with E-state index in [0.29, 0.717) is 0 Å². The van der Waals surface area contributed by atoms with Crippen LogP contribution in [0, 0.1) is 5.92 Å². The van der Waals surface area contributed by atoms with Crippen molar-refractivity contribution in [1.29, 1.82) is 0 Å². The molecule has 0 aromatic carbocycles. The van der Waals surface area contributed by atoms with Crippen molar-refractivity contribution in [3.63, 3.8) is 0 Å². The Hall–Kier alpha value is 0.700. The van der Waals surface area contributed by atoms with Gasteiger partial charge in [0.1, 0.15) is 0 Å². The monoisotopic (exact) mass is 192 g/mol. The molecule has 0 aromatic rings. The van der Waals surface area contributed by atoms with Crippen LogP contribution in [-0.2, 0) is 0 Å². The van der Waals surface area contributed by atoms with E-state index in [0.717, 1.165) is 15.7 Å². The quantitative estimate of drug-likeness (QED) is 0.607. The number of rotatable bonds is 5. The molecule has 0 rings (SSSR count). The molecule has 0 heterocycles. The second kappa shape index (κ2) is 6.24. The zero-order chi connectivity index (χ0) is 8.85. The van der Waals surface area contributed by atoms with Crippen molar-refractivity contribution in [3.05, 3.63) is 0 Å². The van der Waals surface area contributed by atoms with Gasteiger partial charge in [0.2, 0.25) is 0 Å². The summed E-state index contributed by atoms with van der Waals surface area (Å²) in [4.78, 5) is 0. The first-order chi connectivity index (χ1) is 5.02. The minimum atomic E-state index is 0.761. The van der Waals surface area contributed by atoms with Crippen LogP contribution in [-0.4, -0.2) is 15.6 Å². The lowest BCUT2D eigenvalue weighted by Gasteiger charge is -2.14. The van der Waals surface area contributed by atoms with Gasteiger partial charge < -0.3 is 0 Å². The molecule has 0 aliphatic heterocycles. The largest absolute Gasteiger partial charge is 0.148 e. The molecule has 0 saturated heterocycles. The fraction of sp³-hybridized carbons (Fsp3) is 1.00. The first-order valence-electron chi connectivity index (χ1n) is 4.29. The smallest absolute Gasteiger partial charge is 0.0477 e. The molecular formula is C9H20S2. The minimum absolute atomic E-state index is 0.761. The van der Waals surface area contributed by atoms with Crippen LogP contribution in [0.15, 0.2) is 0 Å². The highest BCUT2D eigenvalue weighted by Gasteiger charge is 2.06. The third-order valence-corrected chi connectivity index (χ3v) is 4.13. The van der Waals surface area contributed by atoms with Crippen LogP contribution < -0.4 is 0 Å². The summed E-state index contributed by atoms with van der Waals surface area (Å²) in [6.45, 7) is 11.4. The van der Waals surface area contributed by atoms with E-state index in [1.807, 2.05) is 0 Å². The van der Waals surface area contributed by atoms with E-state index in [1.165, 1.54) is 5.75 Å². The highest BCUT2D eigenvalue weighted by molar-refractivity contribution is 8.17. The fourth-order valence-electron chi connectivity index (χ4n) is 0.751. The second-order valence-electron chi connectivity index (χ2n) is 3.48. The van der Waals surface area contributed by atoms with Gasteiger partial charge in [-0.2, -0.15) is 0 Å². The predicted molar refractivity (Wildman–Crippen MR) is 59.5 cm³/mol. The van der Waals surface area contributed by atoms with Crippen molar-refractivity contribution < 1.29 is 0 Å². The van der Waals surface area contributed by atoms with Crippen LogP contribution in [0.4, 0.5) is 0 Å². The van der Waals surface area contributed by atoms with E-state index in [9.17, 15) is 0 Å². The van der Waals surface area contributed by atoms with Crippen LogP contribution in [0.2, 0.25) is 0 Å². The van der Waals surface area contributed by atoms with Crippen molar-refractivity contribution in [1.82, 2.24) is 0 Å². The lowest BCUT2D eigenvalue weighted by molar-refractivity contribution is 0.750. The molecule has 0 aliphatic rings. The van der Waals surface area contributed by atoms with E-state index in [1.54, 1.807) is 0 Å². The standard InChI is InChI=1S/C9H20S2/c1-7(2)6-10-9(5)11-8(3)4/h7-9H,6H2,1-5H3. The molecule has 0 spiro atoms. The lowest BCUT2D eigenvalue weighted by Crippen LogP contribution is -2.00. The van der Waals surface area contributed by atoms with Gasteiger partial charge in [-0.15, -0.1) is 23.5 Å². The van der Waals surface area contributed by atoms with Gasteiger partial charge in [-0.1, -0.05) is 27.7 Å². The van der Waals surface area contributed by atoms with Crippen molar-refractivity contribution in [3.8, 4) is 0 Å². The minimum Gasteiger partial charge on any atom is -0.148 e. The van der Waals surface area contributed by atoms with E-state index in [2.05, 4.69) is 58.1 Å². The lowest BCUT2D eigenvalue weighted by atomic mass is 10.3. The highest BCUT2D eigenvalue weighted by atomic mass is 32.2. The van der Waals surface area contributed by atoms with Gasteiger partial charge in [-0.05, 0) is 18.6 Å². The molecule has 1 unspecified atom stereocenters. The van der Waals surface area contributed by atoms with Crippen molar-refractivity contribution in [2.24, 2.45) is 5.92 Å². The molecule has 0 aromatic heterocycles. The Balaban J connectivity index is 3.29. The average Bonchev–Trinajstić information content (AvgIpc) is 1.82. The summed E-state index contributed by atoms with van der Waals surface area (Å²) >= 11 is 4.14. The van der Waals surface area contributed by atoms with E-state index < -0.39 is 0 Å². The Kier molecular flexibility index (Phi) is 6.64. The van der Waals surface area contributed by atoms with Crippen molar-refractivity contribution >= 4 is 23.5 Å². The van der Waals surface area contributed by atoms with Gasteiger partial charge in [-0.3, -0.25) is 0 Å². The highest BCUT2D eigenvalue weighted by Crippen LogP contribution is 2.27. The molecule has 0 radical (unpaired) electrons. The molecular weight excluding hydrogens is 172 g/mol. The Morgan fingerprint density at radius 3 is 1.91 bits per heavy atom. The summed E-state index contributed by atoms with van der Waals surface area (Å²) in [5.41, 5.74) is 0. The maximum Gasteiger partial charge on any atom is 0.0477 e. The van der Waals surface area contributed by atoms with E-state index in [-0.39, 0.29) is 0 Å². The maximum atomic E-state index is 2.30. The molecule has 0 amide bonds. The summed E-state index contributed by atoms with van der Waals surface area (Å²) in [6.07, 6.45) is 0. The molecule has 0 fully saturated rings. The molecule has 0 aliphatic carbocycles. The molecule has 0 bridgehead atoms. The summed E-state index contributed by atoms with van der Waals surface area (Å²) in [5, 5.41) is 0.768. The van der Waals surface area contributed by atoms with Crippen LogP contribution in [0.5, 0.6) is 0 Å². The third-order valence-electron chi connectivity index (χ3n) is 1.13. The number of hydrogen-bond acceptors (Lipinski definition) is 2. The third kappa shape index (κ3) is 8.61. The predicted octanol–water partition coefficient (Wildman–Crippen LogP) is 3.86. The summed E-state index contributed by atoms with van der Waals surface area (Å²) in [6, 6.07) is 0. The van der Waals surface area contributed by atoms with Crippen molar-refractivity contribution in [2.45, 2.75) is 44.5 Å². The van der Waals surface area contributed by atoms with E-state index in [4.69, 9.17) is 0 Å². The van der Waals surface area contributed by atoms with Gasteiger partial charge in [0.05, 0.1) is 0 Å². The molecule has 0 nitrogen and oxygen atoms in total. The van der Waals surface area contributed by atoms with Gasteiger partial charge in [0.15, 0.2) is 0 Å². The van der Waals surface area contributed by atoms with Crippen molar-refractivity contribution in [2.75, 3.05) is 5.75 Å². The second-order valence-corrected chi connectivity index (χ2v) is 7.07. The van der Waals surface area contributed by atoms with Gasteiger partial charge in [0.25, 0.3) is 0 Å². The van der Waals surface area contributed by atoms with Crippen LogP contribution in [0.3, 0.4) is 0 Å². The Labute approximate surface area is 79.9 Å².